The molecule has 4 rings (SSSR count). The number of carboxylic acids is 1. The quantitative estimate of drug-likeness (QED) is 0.313. The lowest BCUT2D eigenvalue weighted by atomic mass is 9.70. The van der Waals surface area contributed by atoms with Gasteiger partial charge in [0.2, 0.25) is 5.95 Å². The molecule has 36 heavy (non-hydrogen) atoms. The molecule has 6 nitrogen and oxygen atoms in total. The Morgan fingerprint density at radius 1 is 1.19 bits per heavy atom. The molecule has 3 aromatic rings. The first-order valence-electron chi connectivity index (χ1n) is 12.2. The molecule has 0 amide bonds. The monoisotopic (exact) mass is 503 g/mol. The van der Waals surface area contributed by atoms with Crippen LogP contribution in [0.25, 0.3) is 11.0 Å². The van der Waals surface area contributed by atoms with E-state index in [1.54, 1.807) is 0 Å². The fraction of sp³-hybridized carbons (Fsp3) is 0.481. The third kappa shape index (κ3) is 6.12. The Morgan fingerprint density at radius 2 is 1.92 bits per heavy atom. The van der Waals surface area contributed by atoms with E-state index in [0.717, 1.165) is 36.9 Å². The smallest absolute Gasteiger partial charge is 0.416 e. The van der Waals surface area contributed by atoms with Gasteiger partial charge >= 0.3 is 12.1 Å². The lowest BCUT2D eigenvalue weighted by molar-refractivity contribution is -0.138. The molecular formula is C27H32F3N3O3. The van der Waals surface area contributed by atoms with Crippen LogP contribution < -0.4 is 10.1 Å². The summed E-state index contributed by atoms with van der Waals surface area (Å²) in [4.78, 5) is 15.5. The van der Waals surface area contributed by atoms with Crippen molar-refractivity contribution >= 4 is 28.6 Å². The topological polar surface area (TPSA) is 76.4 Å². The molecule has 9 heteroatoms. The molecule has 0 aliphatic heterocycles. The van der Waals surface area contributed by atoms with E-state index in [0.29, 0.717) is 35.2 Å². The number of fused-ring (bicyclic) bond motifs is 1. The van der Waals surface area contributed by atoms with Gasteiger partial charge in [0.15, 0.2) is 0 Å². The minimum Gasteiger partial charge on any atom is -0.494 e. The van der Waals surface area contributed by atoms with E-state index in [1.807, 2.05) is 18.2 Å². The highest BCUT2D eigenvalue weighted by Crippen LogP contribution is 2.46. The number of nitrogens with one attached hydrogen (secondary N) is 1. The van der Waals surface area contributed by atoms with Crippen LogP contribution >= 0.6 is 0 Å². The van der Waals surface area contributed by atoms with Gasteiger partial charge in [0.1, 0.15) is 5.75 Å². The second-order valence-corrected chi connectivity index (χ2v) is 10.6. The molecule has 194 valence electrons. The molecule has 2 atom stereocenters. The molecule has 1 fully saturated rings. The predicted octanol–water partition coefficient (Wildman–Crippen LogP) is 7.43. The van der Waals surface area contributed by atoms with Crippen LogP contribution in [0.3, 0.4) is 0 Å². The van der Waals surface area contributed by atoms with Gasteiger partial charge in [-0.15, -0.1) is 0 Å². The number of nitrogens with zero attached hydrogens (tertiary/aromatic N) is 2. The Bertz CT molecular complexity index is 1220. The SMILES string of the molecule is C[C@H]1CC(n2c(Nc3ccc(C(F)(F)F)cc3)nc3cc(OCCCC(=O)O)ccc32)CC(C)(C)C1. The summed E-state index contributed by atoms with van der Waals surface area (Å²) >= 11 is 0. The molecule has 1 aromatic heterocycles. The van der Waals surface area contributed by atoms with E-state index in [-0.39, 0.29) is 24.5 Å². The van der Waals surface area contributed by atoms with Crippen LogP contribution in [-0.2, 0) is 11.0 Å². The molecule has 0 spiro atoms. The Labute approximate surface area is 208 Å². The number of imidazole rings is 1. The highest BCUT2D eigenvalue weighted by Gasteiger charge is 2.35. The first-order chi connectivity index (χ1) is 16.9. The van der Waals surface area contributed by atoms with Crippen molar-refractivity contribution in [1.29, 1.82) is 0 Å². The van der Waals surface area contributed by atoms with Crippen LogP contribution in [0.1, 0.15) is 64.5 Å². The lowest BCUT2D eigenvalue weighted by Crippen LogP contribution is -2.29. The molecule has 2 aromatic carbocycles. The van der Waals surface area contributed by atoms with Crippen molar-refractivity contribution in [2.24, 2.45) is 11.3 Å². The number of anilines is 2. The van der Waals surface area contributed by atoms with Crippen molar-refractivity contribution in [3.05, 3.63) is 48.0 Å². The molecule has 1 heterocycles. The molecule has 0 radical (unpaired) electrons. The van der Waals surface area contributed by atoms with Crippen molar-refractivity contribution in [2.45, 2.75) is 65.1 Å². The number of halogens is 3. The minimum atomic E-state index is -4.39. The Hall–Kier alpha value is -3.23. The summed E-state index contributed by atoms with van der Waals surface area (Å²) in [5.41, 5.74) is 1.59. The number of benzene rings is 2. The van der Waals surface area contributed by atoms with Gasteiger partial charge in [-0.05, 0) is 73.4 Å². The number of carboxylic acid groups (broad SMARTS) is 1. The molecule has 0 saturated heterocycles. The molecule has 1 saturated carbocycles. The maximum atomic E-state index is 13.0. The number of hydrogen-bond donors (Lipinski definition) is 2. The van der Waals surface area contributed by atoms with Crippen LogP contribution in [0.15, 0.2) is 42.5 Å². The number of hydrogen-bond acceptors (Lipinski definition) is 4. The number of alkyl halides is 3. The number of aromatic nitrogens is 2. The fourth-order valence-corrected chi connectivity index (χ4v) is 5.40. The number of rotatable bonds is 8. The number of ether oxygens (including phenoxy) is 1. The summed E-state index contributed by atoms with van der Waals surface area (Å²) in [5.74, 6) is 0.821. The van der Waals surface area contributed by atoms with E-state index >= 15 is 0 Å². The first kappa shape index (κ1) is 25.9. The summed E-state index contributed by atoms with van der Waals surface area (Å²) in [6, 6.07) is 10.7. The molecule has 1 unspecified atom stereocenters. The summed E-state index contributed by atoms with van der Waals surface area (Å²) in [6.07, 6.45) is -0.893. The largest absolute Gasteiger partial charge is 0.494 e. The number of aliphatic carboxylic acids is 1. The molecule has 2 N–H and O–H groups in total. The minimum absolute atomic E-state index is 0.0354. The van der Waals surface area contributed by atoms with Crippen molar-refractivity contribution in [3.63, 3.8) is 0 Å². The average Bonchev–Trinajstić information content (AvgIpc) is 3.12. The maximum Gasteiger partial charge on any atom is 0.416 e. The first-order valence-corrected chi connectivity index (χ1v) is 12.2. The van der Waals surface area contributed by atoms with Crippen LogP contribution in [0, 0.1) is 11.3 Å². The zero-order chi connectivity index (χ0) is 26.1. The summed E-state index contributed by atoms with van der Waals surface area (Å²) in [5, 5.41) is 12.1. The standard InChI is InChI=1S/C27H32F3N3O3/c1-17-13-20(16-26(2,3)15-17)33-23-11-10-21(36-12-4-5-24(34)35)14-22(23)32-25(33)31-19-8-6-18(7-9-19)27(28,29)30/h6-11,14,17,20H,4-5,12-13,15-16H2,1-3H3,(H,31,32)(H,34,35)/t17-,20?/m0/s1. The lowest BCUT2D eigenvalue weighted by Gasteiger charge is -2.40. The van der Waals surface area contributed by atoms with E-state index < -0.39 is 17.7 Å². The molecule has 1 aliphatic rings. The third-order valence-corrected chi connectivity index (χ3v) is 6.66. The Kier molecular flexibility index (Phi) is 7.20. The molecular weight excluding hydrogens is 471 g/mol. The summed E-state index contributed by atoms with van der Waals surface area (Å²) in [6.45, 7) is 7.06. The molecule has 1 aliphatic carbocycles. The van der Waals surface area contributed by atoms with Crippen LogP contribution in [0.2, 0.25) is 0 Å². The highest BCUT2D eigenvalue weighted by atomic mass is 19.4. The second kappa shape index (κ2) is 10.0. The van der Waals surface area contributed by atoms with Crippen molar-refractivity contribution in [3.8, 4) is 5.75 Å². The highest BCUT2D eigenvalue weighted by molar-refractivity contribution is 5.81. The van der Waals surface area contributed by atoms with Gasteiger partial charge in [-0.2, -0.15) is 13.2 Å². The molecule has 0 bridgehead atoms. The Morgan fingerprint density at radius 3 is 2.56 bits per heavy atom. The summed E-state index contributed by atoms with van der Waals surface area (Å²) in [7, 11) is 0. The van der Waals surface area contributed by atoms with Gasteiger partial charge < -0.3 is 19.7 Å². The Balaban J connectivity index is 1.67. The van der Waals surface area contributed by atoms with Gasteiger partial charge in [0.05, 0.1) is 23.2 Å². The van der Waals surface area contributed by atoms with Crippen molar-refractivity contribution < 1.29 is 27.8 Å². The van der Waals surface area contributed by atoms with Crippen molar-refractivity contribution in [2.75, 3.05) is 11.9 Å². The van der Waals surface area contributed by atoms with Crippen LogP contribution in [0.5, 0.6) is 5.75 Å². The predicted molar refractivity (Wildman–Crippen MR) is 133 cm³/mol. The summed E-state index contributed by atoms with van der Waals surface area (Å²) < 4.78 is 46.9. The van der Waals surface area contributed by atoms with E-state index in [9.17, 15) is 18.0 Å². The fourth-order valence-electron chi connectivity index (χ4n) is 5.40. The maximum absolute atomic E-state index is 13.0. The van der Waals surface area contributed by atoms with Gasteiger partial charge in [-0.25, -0.2) is 4.98 Å². The second-order valence-electron chi connectivity index (χ2n) is 10.6. The van der Waals surface area contributed by atoms with Gasteiger partial charge in [0.25, 0.3) is 0 Å². The van der Waals surface area contributed by atoms with E-state index in [4.69, 9.17) is 14.8 Å². The average molecular weight is 504 g/mol. The van der Waals surface area contributed by atoms with Gasteiger partial charge in [0, 0.05) is 24.2 Å². The van der Waals surface area contributed by atoms with Gasteiger partial charge in [-0.3, -0.25) is 4.79 Å². The number of carbonyl (C=O) groups is 1. The van der Waals surface area contributed by atoms with E-state index in [2.05, 4.69) is 30.7 Å². The third-order valence-electron chi connectivity index (χ3n) is 6.66. The van der Waals surface area contributed by atoms with Crippen LogP contribution in [-0.4, -0.2) is 27.2 Å². The normalized spacial score (nSPS) is 19.8. The van der Waals surface area contributed by atoms with E-state index in [1.165, 1.54) is 12.1 Å². The van der Waals surface area contributed by atoms with Gasteiger partial charge in [-0.1, -0.05) is 20.8 Å². The van der Waals surface area contributed by atoms with Crippen LogP contribution in [0.4, 0.5) is 24.8 Å². The zero-order valence-electron chi connectivity index (χ0n) is 20.7. The zero-order valence-corrected chi connectivity index (χ0v) is 20.7. The van der Waals surface area contributed by atoms with Crippen molar-refractivity contribution in [1.82, 2.24) is 9.55 Å².